The van der Waals surface area contributed by atoms with E-state index in [4.69, 9.17) is 0 Å². The maximum atomic E-state index is 12.1. The van der Waals surface area contributed by atoms with Gasteiger partial charge in [0.2, 0.25) is 5.91 Å². The molecule has 1 aromatic heterocycles. The topological polar surface area (TPSA) is 91.1 Å². The summed E-state index contributed by atoms with van der Waals surface area (Å²) in [6.07, 6.45) is 1.51. The first-order valence-corrected chi connectivity index (χ1v) is 9.72. The molecule has 6 nitrogen and oxygen atoms in total. The van der Waals surface area contributed by atoms with Gasteiger partial charge in [-0.15, -0.1) is 16.4 Å². The Hall–Kier alpha value is -1.97. The molecule has 1 amide bonds. The first kappa shape index (κ1) is 17.8. The number of halogens is 1. The minimum absolute atomic E-state index is 0.0635. The number of carbonyl (C=O) groups is 2. The maximum absolute atomic E-state index is 12.1. The number of carbonyl (C=O) groups excluding carboxylic acids is 2. The molecule has 1 fully saturated rings. The zero-order chi connectivity index (χ0) is 17.8. The maximum Gasteiger partial charge on any atom is 0.240 e. The van der Waals surface area contributed by atoms with Crippen LogP contribution in [-0.4, -0.2) is 33.4 Å². The van der Waals surface area contributed by atoms with E-state index in [9.17, 15) is 14.7 Å². The largest absolute Gasteiger partial charge is 0.507 e. The van der Waals surface area contributed by atoms with Crippen molar-refractivity contribution in [2.75, 3.05) is 0 Å². The normalized spacial score (nSPS) is 18.8. The summed E-state index contributed by atoms with van der Waals surface area (Å²) in [5.74, 6) is -0.240. The van der Waals surface area contributed by atoms with E-state index in [1.54, 1.807) is 24.3 Å². The number of nitrogens with zero attached hydrogens (tertiary/aromatic N) is 2. The van der Waals surface area contributed by atoms with Crippen molar-refractivity contribution >= 4 is 62.1 Å². The zero-order valence-corrected chi connectivity index (χ0v) is 15.9. The van der Waals surface area contributed by atoms with E-state index in [1.165, 1.54) is 35.4 Å². The standard InChI is InChI=1S/C16H12BrN3O3S2/c17-10-3-4-11(21)9(6-10)8-18-20-16-19-15(23)14(25-16)7-12(22)13-2-1-5-24-13/h1-6,8,14,21H,7H2,(H,19,20,23)/b18-8+. The third-order valence-corrected chi connectivity index (χ3v) is 5.75. The van der Waals surface area contributed by atoms with Crippen LogP contribution in [-0.2, 0) is 4.79 Å². The fourth-order valence-electron chi connectivity index (χ4n) is 2.07. The molecular formula is C16H12BrN3O3S2. The van der Waals surface area contributed by atoms with Crippen molar-refractivity contribution in [3.05, 3.63) is 50.6 Å². The average Bonchev–Trinajstić information content (AvgIpc) is 3.21. The summed E-state index contributed by atoms with van der Waals surface area (Å²) in [4.78, 5) is 24.7. The molecule has 2 heterocycles. The van der Waals surface area contributed by atoms with Crippen molar-refractivity contribution in [3.63, 3.8) is 0 Å². The SMILES string of the molecule is O=C(CC1S/C(=N\N=C\c2cc(Br)ccc2O)NC1=O)c1cccs1. The number of nitrogens with one attached hydrogen (secondary N) is 1. The van der Waals surface area contributed by atoms with Crippen molar-refractivity contribution < 1.29 is 14.7 Å². The lowest BCUT2D eigenvalue weighted by Gasteiger charge is -2.02. The summed E-state index contributed by atoms with van der Waals surface area (Å²) in [6, 6.07) is 8.49. The summed E-state index contributed by atoms with van der Waals surface area (Å²) in [6.45, 7) is 0. The molecule has 1 saturated heterocycles. The molecule has 1 aromatic carbocycles. The number of thioether (sulfide) groups is 1. The van der Waals surface area contributed by atoms with Crippen LogP contribution in [0.5, 0.6) is 5.75 Å². The molecule has 9 heteroatoms. The Bertz CT molecular complexity index is 866. The Morgan fingerprint density at radius 3 is 3.00 bits per heavy atom. The summed E-state index contributed by atoms with van der Waals surface area (Å²) in [7, 11) is 0. The van der Waals surface area contributed by atoms with Gasteiger partial charge in [-0.2, -0.15) is 5.10 Å². The molecule has 0 radical (unpaired) electrons. The van der Waals surface area contributed by atoms with Gasteiger partial charge in [-0.05, 0) is 29.6 Å². The number of aromatic hydroxyl groups is 1. The van der Waals surface area contributed by atoms with Crippen LogP contribution in [0.15, 0.2) is 50.4 Å². The second kappa shape index (κ2) is 7.94. The van der Waals surface area contributed by atoms with E-state index in [0.29, 0.717) is 15.6 Å². The molecule has 1 unspecified atom stereocenters. The van der Waals surface area contributed by atoms with Gasteiger partial charge in [0.1, 0.15) is 5.75 Å². The number of thiophene rings is 1. The highest BCUT2D eigenvalue weighted by Crippen LogP contribution is 2.25. The van der Waals surface area contributed by atoms with Gasteiger partial charge < -0.3 is 10.4 Å². The van der Waals surface area contributed by atoms with Crippen molar-refractivity contribution in [1.82, 2.24) is 5.32 Å². The van der Waals surface area contributed by atoms with Gasteiger partial charge in [-0.1, -0.05) is 33.8 Å². The molecule has 0 saturated carbocycles. The predicted octanol–water partition coefficient (Wildman–Crippen LogP) is 3.41. The monoisotopic (exact) mass is 437 g/mol. The van der Waals surface area contributed by atoms with E-state index in [1.807, 2.05) is 5.38 Å². The van der Waals surface area contributed by atoms with Crippen LogP contribution < -0.4 is 5.32 Å². The summed E-state index contributed by atoms with van der Waals surface area (Å²) in [5, 5.41) is 21.8. The van der Waals surface area contributed by atoms with E-state index < -0.39 is 5.25 Å². The number of phenols is 1. The number of hydrogen-bond donors (Lipinski definition) is 2. The fraction of sp³-hybridized carbons (Fsp3) is 0.125. The molecule has 0 bridgehead atoms. The van der Waals surface area contributed by atoms with Crippen LogP contribution in [0.2, 0.25) is 0 Å². The Morgan fingerprint density at radius 1 is 1.40 bits per heavy atom. The van der Waals surface area contributed by atoms with Crippen LogP contribution in [0.25, 0.3) is 0 Å². The molecule has 1 aliphatic rings. The second-order valence-electron chi connectivity index (χ2n) is 5.05. The van der Waals surface area contributed by atoms with Gasteiger partial charge in [0.15, 0.2) is 11.0 Å². The number of amides is 1. The number of phenolic OH excluding ortho intramolecular Hbond substituents is 1. The number of benzene rings is 1. The van der Waals surface area contributed by atoms with Crippen molar-refractivity contribution in [2.45, 2.75) is 11.7 Å². The van der Waals surface area contributed by atoms with Crippen LogP contribution in [0.4, 0.5) is 0 Å². The number of amidine groups is 1. The molecule has 0 aliphatic carbocycles. The summed E-state index contributed by atoms with van der Waals surface area (Å²) < 4.78 is 0.801. The third kappa shape index (κ3) is 4.56. The molecule has 0 spiro atoms. The molecule has 1 aliphatic heterocycles. The smallest absolute Gasteiger partial charge is 0.240 e. The quantitative estimate of drug-likeness (QED) is 0.425. The molecule has 128 valence electrons. The van der Waals surface area contributed by atoms with Crippen LogP contribution in [0.1, 0.15) is 21.7 Å². The van der Waals surface area contributed by atoms with Crippen molar-refractivity contribution in [1.29, 1.82) is 0 Å². The molecule has 25 heavy (non-hydrogen) atoms. The van der Waals surface area contributed by atoms with Crippen LogP contribution in [0, 0.1) is 0 Å². The number of Topliss-reactive ketones (excluding diaryl/α,β-unsaturated/α-hetero) is 1. The van der Waals surface area contributed by atoms with Gasteiger partial charge in [-0.3, -0.25) is 9.59 Å². The Morgan fingerprint density at radius 2 is 2.24 bits per heavy atom. The highest BCUT2D eigenvalue weighted by atomic mass is 79.9. The third-order valence-electron chi connectivity index (χ3n) is 3.28. The predicted molar refractivity (Wildman–Crippen MR) is 104 cm³/mol. The molecular weight excluding hydrogens is 426 g/mol. The highest BCUT2D eigenvalue weighted by molar-refractivity contribution is 9.10. The van der Waals surface area contributed by atoms with E-state index in [0.717, 1.165) is 4.47 Å². The van der Waals surface area contributed by atoms with Crippen molar-refractivity contribution in [2.24, 2.45) is 10.2 Å². The van der Waals surface area contributed by atoms with Crippen LogP contribution >= 0.6 is 39.0 Å². The lowest BCUT2D eigenvalue weighted by molar-refractivity contribution is -0.118. The average molecular weight is 438 g/mol. The summed E-state index contributed by atoms with van der Waals surface area (Å²) >= 11 is 5.84. The fourth-order valence-corrected chi connectivity index (χ4v) is 4.04. The zero-order valence-electron chi connectivity index (χ0n) is 12.7. The Labute approximate surface area is 160 Å². The first-order chi connectivity index (χ1) is 12.0. The minimum atomic E-state index is -0.511. The first-order valence-electron chi connectivity index (χ1n) is 7.16. The number of rotatable bonds is 5. The van der Waals surface area contributed by atoms with E-state index >= 15 is 0 Å². The van der Waals surface area contributed by atoms with Crippen LogP contribution in [0.3, 0.4) is 0 Å². The van der Waals surface area contributed by atoms with E-state index in [2.05, 4.69) is 31.4 Å². The Balaban J connectivity index is 1.63. The lowest BCUT2D eigenvalue weighted by atomic mass is 10.2. The van der Waals surface area contributed by atoms with Gasteiger partial charge in [0, 0.05) is 16.5 Å². The number of hydrogen-bond acceptors (Lipinski definition) is 7. The molecule has 1 atom stereocenters. The number of ketones is 1. The van der Waals surface area contributed by atoms with Gasteiger partial charge >= 0.3 is 0 Å². The van der Waals surface area contributed by atoms with Gasteiger partial charge in [0.05, 0.1) is 16.3 Å². The second-order valence-corrected chi connectivity index (χ2v) is 8.11. The van der Waals surface area contributed by atoms with Crippen molar-refractivity contribution in [3.8, 4) is 5.75 Å². The highest BCUT2D eigenvalue weighted by Gasteiger charge is 2.32. The minimum Gasteiger partial charge on any atom is -0.507 e. The molecule has 3 rings (SSSR count). The lowest BCUT2D eigenvalue weighted by Crippen LogP contribution is -2.26. The van der Waals surface area contributed by atoms with Gasteiger partial charge in [0.25, 0.3) is 0 Å². The van der Waals surface area contributed by atoms with E-state index in [-0.39, 0.29) is 23.9 Å². The molecule has 2 N–H and O–H groups in total. The Kier molecular flexibility index (Phi) is 5.67. The van der Waals surface area contributed by atoms with Gasteiger partial charge in [-0.25, -0.2) is 0 Å². The summed E-state index contributed by atoms with van der Waals surface area (Å²) in [5.41, 5.74) is 0.498. The molecule has 2 aromatic rings.